The molecule has 0 unspecified atom stereocenters. The first-order valence-corrected chi connectivity index (χ1v) is 8.70. The quantitative estimate of drug-likeness (QED) is 0.719. The SMILES string of the molecule is C/C=C/c1ccc(OCC(=O)NCCc2ccc(C(F)(F)F)cc2)c(OC)c1. The van der Waals surface area contributed by atoms with Crippen LogP contribution in [-0.4, -0.2) is 26.2 Å². The van der Waals surface area contributed by atoms with Crippen LogP contribution in [0.15, 0.2) is 48.5 Å². The number of hydrogen-bond acceptors (Lipinski definition) is 3. The Morgan fingerprint density at radius 2 is 1.82 bits per heavy atom. The van der Waals surface area contributed by atoms with Crippen molar-refractivity contribution in [1.29, 1.82) is 0 Å². The summed E-state index contributed by atoms with van der Waals surface area (Å²) < 4.78 is 48.4. The van der Waals surface area contributed by atoms with Gasteiger partial charge in [0.2, 0.25) is 0 Å². The van der Waals surface area contributed by atoms with E-state index < -0.39 is 11.7 Å². The normalized spacial score (nSPS) is 11.5. The van der Waals surface area contributed by atoms with Crippen LogP contribution in [0.4, 0.5) is 13.2 Å². The third kappa shape index (κ3) is 6.33. The third-order valence-corrected chi connectivity index (χ3v) is 3.92. The lowest BCUT2D eigenvalue weighted by atomic mass is 10.1. The average Bonchev–Trinajstić information content (AvgIpc) is 2.67. The lowest BCUT2D eigenvalue weighted by Gasteiger charge is -2.12. The highest BCUT2D eigenvalue weighted by atomic mass is 19.4. The lowest BCUT2D eigenvalue weighted by Crippen LogP contribution is -2.30. The minimum Gasteiger partial charge on any atom is -0.493 e. The highest BCUT2D eigenvalue weighted by Gasteiger charge is 2.29. The predicted molar refractivity (Wildman–Crippen MR) is 101 cm³/mol. The summed E-state index contributed by atoms with van der Waals surface area (Å²) in [4.78, 5) is 11.9. The highest BCUT2D eigenvalue weighted by Crippen LogP contribution is 2.29. The van der Waals surface area contributed by atoms with E-state index in [1.807, 2.05) is 25.1 Å². The van der Waals surface area contributed by atoms with E-state index in [9.17, 15) is 18.0 Å². The standard InChI is InChI=1S/C21H22F3NO3/c1-3-4-16-7-10-18(19(13-16)27-2)28-14-20(26)25-12-11-15-5-8-17(9-6-15)21(22,23)24/h3-10,13H,11-12,14H2,1-2H3,(H,25,26)/b4-3+. The lowest BCUT2D eigenvalue weighted by molar-refractivity contribution is -0.137. The number of amides is 1. The van der Waals surface area contributed by atoms with Crippen LogP contribution in [0, 0.1) is 0 Å². The summed E-state index contributed by atoms with van der Waals surface area (Å²) in [6.45, 7) is 2.02. The maximum atomic E-state index is 12.5. The number of carbonyl (C=O) groups excluding carboxylic acids is 1. The number of carbonyl (C=O) groups is 1. The molecule has 0 heterocycles. The van der Waals surface area contributed by atoms with E-state index in [0.29, 0.717) is 30.0 Å². The fraction of sp³-hybridized carbons (Fsp3) is 0.286. The molecule has 2 aromatic carbocycles. The summed E-state index contributed by atoms with van der Waals surface area (Å²) in [5, 5.41) is 2.68. The first-order chi connectivity index (χ1) is 13.3. The Balaban J connectivity index is 1.80. The molecule has 4 nitrogen and oxygen atoms in total. The summed E-state index contributed by atoms with van der Waals surface area (Å²) in [6, 6.07) is 10.3. The summed E-state index contributed by atoms with van der Waals surface area (Å²) in [5.74, 6) is 0.647. The van der Waals surface area contributed by atoms with E-state index in [1.54, 1.807) is 12.1 Å². The molecule has 0 atom stereocenters. The number of hydrogen-bond donors (Lipinski definition) is 1. The van der Waals surface area contributed by atoms with Gasteiger partial charge < -0.3 is 14.8 Å². The Hall–Kier alpha value is -2.96. The van der Waals surface area contributed by atoms with E-state index in [0.717, 1.165) is 17.7 Å². The fourth-order valence-electron chi connectivity index (χ4n) is 2.50. The van der Waals surface area contributed by atoms with E-state index >= 15 is 0 Å². The van der Waals surface area contributed by atoms with Gasteiger partial charge in [0.25, 0.3) is 5.91 Å². The van der Waals surface area contributed by atoms with Gasteiger partial charge in [-0.15, -0.1) is 0 Å². The third-order valence-electron chi connectivity index (χ3n) is 3.92. The molecule has 0 aliphatic heterocycles. The number of halogens is 3. The minimum atomic E-state index is -4.35. The second kappa shape index (κ2) is 9.82. The van der Waals surface area contributed by atoms with Crippen LogP contribution in [-0.2, 0) is 17.4 Å². The molecule has 0 bridgehead atoms. The molecule has 2 aromatic rings. The van der Waals surface area contributed by atoms with Gasteiger partial charge in [-0.2, -0.15) is 13.2 Å². The molecule has 28 heavy (non-hydrogen) atoms. The number of methoxy groups -OCH3 is 1. The van der Waals surface area contributed by atoms with Crippen LogP contribution in [0.1, 0.15) is 23.6 Å². The zero-order valence-electron chi connectivity index (χ0n) is 15.7. The van der Waals surface area contributed by atoms with Gasteiger partial charge >= 0.3 is 6.18 Å². The van der Waals surface area contributed by atoms with Crippen LogP contribution in [0.2, 0.25) is 0 Å². The molecule has 150 valence electrons. The second-order valence-corrected chi connectivity index (χ2v) is 5.99. The van der Waals surface area contributed by atoms with Crippen molar-refractivity contribution in [3.63, 3.8) is 0 Å². The number of ether oxygens (including phenoxy) is 2. The van der Waals surface area contributed by atoms with Crippen molar-refractivity contribution in [2.75, 3.05) is 20.3 Å². The molecule has 2 rings (SSSR count). The molecule has 0 saturated carbocycles. The summed E-state index contributed by atoms with van der Waals surface area (Å²) in [6.07, 6.45) is -0.110. The van der Waals surface area contributed by atoms with Crippen molar-refractivity contribution in [3.05, 3.63) is 65.2 Å². The van der Waals surface area contributed by atoms with Crippen LogP contribution in [0.3, 0.4) is 0 Å². The largest absolute Gasteiger partial charge is 0.493 e. The molecule has 1 N–H and O–H groups in total. The molecule has 0 fully saturated rings. The molecule has 0 aromatic heterocycles. The van der Waals surface area contributed by atoms with Gasteiger partial charge in [0, 0.05) is 6.54 Å². The highest BCUT2D eigenvalue weighted by molar-refractivity contribution is 5.77. The number of benzene rings is 2. The Bertz CT molecular complexity index is 815. The van der Waals surface area contributed by atoms with Crippen molar-refractivity contribution in [2.24, 2.45) is 0 Å². The maximum Gasteiger partial charge on any atom is 0.416 e. The van der Waals surface area contributed by atoms with Crippen molar-refractivity contribution in [3.8, 4) is 11.5 Å². The smallest absolute Gasteiger partial charge is 0.416 e. The summed E-state index contributed by atoms with van der Waals surface area (Å²) in [7, 11) is 1.52. The Morgan fingerprint density at radius 1 is 1.11 bits per heavy atom. The van der Waals surface area contributed by atoms with Crippen LogP contribution >= 0.6 is 0 Å². The van der Waals surface area contributed by atoms with Gasteiger partial charge in [-0.3, -0.25) is 4.79 Å². The van der Waals surface area contributed by atoms with Crippen molar-refractivity contribution < 1.29 is 27.4 Å². The Labute approximate surface area is 162 Å². The topological polar surface area (TPSA) is 47.6 Å². The first kappa shape index (κ1) is 21.3. The van der Waals surface area contributed by atoms with Crippen LogP contribution < -0.4 is 14.8 Å². The molecular formula is C21H22F3NO3. The van der Waals surface area contributed by atoms with Crippen LogP contribution in [0.25, 0.3) is 6.08 Å². The molecule has 7 heteroatoms. The fourth-order valence-corrected chi connectivity index (χ4v) is 2.50. The summed E-state index contributed by atoms with van der Waals surface area (Å²) in [5.41, 5.74) is 0.964. The van der Waals surface area contributed by atoms with E-state index in [4.69, 9.17) is 9.47 Å². The van der Waals surface area contributed by atoms with Gasteiger partial charge in [0.15, 0.2) is 18.1 Å². The van der Waals surface area contributed by atoms with Gasteiger partial charge in [-0.1, -0.05) is 30.4 Å². The van der Waals surface area contributed by atoms with Gasteiger partial charge in [0.1, 0.15) is 0 Å². The average molecular weight is 393 g/mol. The molecule has 0 aliphatic carbocycles. The predicted octanol–water partition coefficient (Wildman–Crippen LogP) is 4.48. The molecule has 0 spiro atoms. The molecule has 0 radical (unpaired) electrons. The van der Waals surface area contributed by atoms with E-state index in [-0.39, 0.29) is 12.5 Å². The van der Waals surface area contributed by atoms with Gasteiger partial charge in [0.05, 0.1) is 12.7 Å². The Kier molecular flexibility index (Phi) is 7.49. The van der Waals surface area contributed by atoms with Crippen molar-refractivity contribution in [2.45, 2.75) is 19.5 Å². The molecule has 0 aliphatic rings. The molecular weight excluding hydrogens is 371 g/mol. The van der Waals surface area contributed by atoms with Crippen molar-refractivity contribution in [1.82, 2.24) is 5.32 Å². The molecule has 1 amide bonds. The monoisotopic (exact) mass is 393 g/mol. The molecule has 0 saturated heterocycles. The van der Waals surface area contributed by atoms with Crippen LogP contribution in [0.5, 0.6) is 11.5 Å². The zero-order chi connectivity index (χ0) is 20.6. The van der Waals surface area contributed by atoms with E-state index in [2.05, 4.69) is 5.32 Å². The Morgan fingerprint density at radius 3 is 2.43 bits per heavy atom. The number of allylic oxidation sites excluding steroid dienone is 1. The van der Waals surface area contributed by atoms with Crippen molar-refractivity contribution >= 4 is 12.0 Å². The second-order valence-electron chi connectivity index (χ2n) is 5.99. The first-order valence-electron chi connectivity index (χ1n) is 8.70. The maximum absolute atomic E-state index is 12.5. The number of nitrogens with one attached hydrogen (secondary N) is 1. The van der Waals surface area contributed by atoms with Gasteiger partial charge in [-0.05, 0) is 48.7 Å². The number of alkyl halides is 3. The van der Waals surface area contributed by atoms with Gasteiger partial charge in [-0.25, -0.2) is 0 Å². The minimum absolute atomic E-state index is 0.188. The van der Waals surface area contributed by atoms with E-state index in [1.165, 1.54) is 19.2 Å². The number of rotatable bonds is 8. The zero-order valence-corrected chi connectivity index (χ0v) is 15.7. The summed E-state index contributed by atoms with van der Waals surface area (Å²) >= 11 is 0.